The van der Waals surface area contributed by atoms with Crippen LogP contribution < -0.4 is 0 Å². The molecule has 0 amide bonds. The van der Waals surface area contributed by atoms with E-state index in [9.17, 15) is 19.5 Å². The lowest BCUT2D eigenvalue weighted by atomic mass is 10.0. The van der Waals surface area contributed by atoms with Crippen molar-refractivity contribution in [1.82, 2.24) is 0 Å². The van der Waals surface area contributed by atoms with Crippen LogP contribution in [0.1, 0.15) is 386 Å². The molecule has 9 heteroatoms. The van der Waals surface area contributed by atoms with Crippen LogP contribution in [-0.2, 0) is 33.3 Å². The smallest absolute Gasteiger partial charge is 0.361 e. The second kappa shape index (κ2) is 76.2. The molecule has 9 nitrogen and oxygen atoms in total. The summed E-state index contributed by atoms with van der Waals surface area (Å²) in [4.78, 5) is 37.7. The van der Waals surface area contributed by atoms with Crippen molar-refractivity contribution < 1.29 is 42.9 Å². The maximum Gasteiger partial charge on any atom is 0.361 e. The van der Waals surface area contributed by atoms with Crippen molar-refractivity contribution in [2.75, 3.05) is 47.5 Å². The third-order valence-corrected chi connectivity index (χ3v) is 18.2. The summed E-state index contributed by atoms with van der Waals surface area (Å²) >= 11 is 0. The van der Waals surface area contributed by atoms with Crippen molar-refractivity contribution in [3.8, 4) is 0 Å². The molecule has 2 atom stereocenters. The Morgan fingerprint density at radius 1 is 0.326 bits per heavy atom. The maximum atomic E-state index is 13.0. The van der Waals surface area contributed by atoms with E-state index < -0.39 is 24.3 Å². The number of ether oxygens (including phenoxy) is 4. The second-order valence-electron chi connectivity index (χ2n) is 28.7. The highest BCUT2D eigenvalue weighted by Gasteiger charge is 2.25. The van der Waals surface area contributed by atoms with Gasteiger partial charge in [-0.2, -0.15) is 0 Å². The first-order valence-electron chi connectivity index (χ1n) is 40.8. The van der Waals surface area contributed by atoms with Gasteiger partial charge in [-0.3, -0.25) is 9.59 Å². The number of nitrogens with zero attached hydrogens (tertiary/aromatic N) is 1. The van der Waals surface area contributed by atoms with Gasteiger partial charge in [0.15, 0.2) is 6.10 Å². The van der Waals surface area contributed by atoms with Gasteiger partial charge in [0.25, 0.3) is 6.29 Å². The van der Waals surface area contributed by atoms with Crippen molar-refractivity contribution >= 4 is 17.9 Å². The summed E-state index contributed by atoms with van der Waals surface area (Å²) in [7, 11) is 5.98. The number of quaternary nitrogens is 1. The number of allylic oxidation sites excluding steroid dienone is 14. The molecule has 1 N–H and O–H groups in total. The summed E-state index contributed by atoms with van der Waals surface area (Å²) in [5.74, 6) is -2.01. The van der Waals surface area contributed by atoms with Crippen LogP contribution in [0.15, 0.2) is 85.1 Å². The minimum absolute atomic E-state index is 0.183. The SMILES string of the molecule is CC/C=C\C/C=C\C/C=C\C/C=C\C/C=C\C/C=C\C/C=C\CCCCCCCCCC(=O)OC(COC(=O)CCCCCCCCCCCCCCCCCCCCCCCCCCCCCCCCCCCCCCCCCCC)COC(OCC[N+](C)(C)C)C(=O)O. The van der Waals surface area contributed by atoms with Gasteiger partial charge in [0.05, 0.1) is 34.4 Å². The Balaban J connectivity index is 3.98. The number of carbonyl (C=O) groups excluding carboxylic acids is 2. The number of hydrogen-bond acceptors (Lipinski definition) is 7. The number of unbranched alkanes of at least 4 members (excludes halogenated alkanes) is 47. The number of hydrogen-bond donors (Lipinski definition) is 1. The average molecular weight is 1330 g/mol. The molecule has 0 aromatic carbocycles. The fourth-order valence-corrected chi connectivity index (χ4v) is 12.0. The van der Waals surface area contributed by atoms with Crippen LogP contribution >= 0.6 is 0 Å². The van der Waals surface area contributed by atoms with Gasteiger partial charge in [-0.25, -0.2) is 4.79 Å². The molecule has 0 aliphatic carbocycles. The van der Waals surface area contributed by atoms with Gasteiger partial charge in [0.2, 0.25) is 0 Å². The number of carboxylic acid groups (broad SMARTS) is 1. The quantitative estimate of drug-likeness (QED) is 0.0211. The van der Waals surface area contributed by atoms with Crippen molar-refractivity contribution in [2.45, 2.75) is 399 Å². The van der Waals surface area contributed by atoms with E-state index in [2.05, 4.69) is 98.9 Å². The predicted molar refractivity (Wildman–Crippen MR) is 410 cm³/mol. The van der Waals surface area contributed by atoms with Gasteiger partial charge in [0.1, 0.15) is 13.2 Å². The van der Waals surface area contributed by atoms with Gasteiger partial charge in [-0.15, -0.1) is 0 Å². The first kappa shape index (κ1) is 91.5. The van der Waals surface area contributed by atoms with Gasteiger partial charge in [-0.05, 0) is 70.6 Å². The van der Waals surface area contributed by atoms with E-state index in [1.54, 1.807) is 0 Å². The summed E-state index contributed by atoms with van der Waals surface area (Å²) in [6, 6.07) is 0. The van der Waals surface area contributed by atoms with Crippen LogP contribution in [0.4, 0.5) is 0 Å². The Labute approximate surface area is 589 Å². The lowest BCUT2D eigenvalue weighted by molar-refractivity contribution is -0.870. The fraction of sp³-hybridized carbons (Fsp3) is 0.802. The van der Waals surface area contributed by atoms with Crippen molar-refractivity contribution in [3.63, 3.8) is 0 Å². The minimum atomic E-state index is -1.52. The zero-order chi connectivity index (χ0) is 69.0. The predicted octanol–water partition coefficient (Wildman–Crippen LogP) is 26.2. The summed E-state index contributed by atoms with van der Waals surface area (Å²) < 4.78 is 23.0. The number of likely N-dealkylation sites (N-methyl/N-ethyl adjacent to an activating group) is 1. The van der Waals surface area contributed by atoms with E-state index in [1.165, 1.54) is 263 Å². The van der Waals surface area contributed by atoms with Crippen molar-refractivity contribution in [1.29, 1.82) is 0 Å². The molecule has 0 bridgehead atoms. The second-order valence-corrected chi connectivity index (χ2v) is 28.7. The molecule has 0 aromatic heterocycles. The molecule has 0 saturated heterocycles. The third-order valence-electron chi connectivity index (χ3n) is 18.2. The molecule has 0 radical (unpaired) electrons. The first-order chi connectivity index (χ1) is 46.6. The molecule has 95 heavy (non-hydrogen) atoms. The molecule has 0 aliphatic heterocycles. The molecule has 0 saturated carbocycles. The van der Waals surface area contributed by atoms with E-state index in [-0.39, 0.29) is 32.2 Å². The number of aliphatic carboxylic acids is 1. The molecule has 552 valence electrons. The van der Waals surface area contributed by atoms with E-state index in [1.807, 2.05) is 21.1 Å². The van der Waals surface area contributed by atoms with Crippen LogP contribution in [0.25, 0.3) is 0 Å². The summed E-state index contributed by atoms with van der Waals surface area (Å²) in [5.41, 5.74) is 0. The number of carboxylic acids is 1. The van der Waals surface area contributed by atoms with Crippen molar-refractivity contribution in [3.05, 3.63) is 85.1 Å². The van der Waals surface area contributed by atoms with Gasteiger partial charge < -0.3 is 28.5 Å². The average Bonchev–Trinajstić information content (AvgIpc) is 2.86. The Hall–Kier alpha value is -3.53. The Morgan fingerprint density at radius 3 is 0.895 bits per heavy atom. The highest BCUT2D eigenvalue weighted by atomic mass is 16.7. The highest BCUT2D eigenvalue weighted by molar-refractivity contribution is 5.71. The topological polar surface area (TPSA) is 108 Å². The van der Waals surface area contributed by atoms with Gasteiger partial charge in [0, 0.05) is 12.8 Å². The minimum Gasteiger partial charge on any atom is -0.477 e. The van der Waals surface area contributed by atoms with Crippen LogP contribution in [0, 0.1) is 0 Å². The molecule has 0 aliphatic rings. The van der Waals surface area contributed by atoms with Crippen LogP contribution in [0.3, 0.4) is 0 Å². The first-order valence-corrected chi connectivity index (χ1v) is 40.8. The fourth-order valence-electron chi connectivity index (χ4n) is 12.0. The molecule has 0 fully saturated rings. The van der Waals surface area contributed by atoms with E-state index in [0.29, 0.717) is 23.9 Å². The van der Waals surface area contributed by atoms with Gasteiger partial charge in [-0.1, -0.05) is 388 Å². The Bertz CT molecular complexity index is 1840. The lowest BCUT2D eigenvalue weighted by Crippen LogP contribution is -2.40. The normalized spacial score (nSPS) is 13.1. The molecule has 0 rings (SSSR count). The number of rotatable bonds is 76. The third kappa shape index (κ3) is 77.7. The Morgan fingerprint density at radius 2 is 0.600 bits per heavy atom. The summed E-state index contributed by atoms with van der Waals surface area (Å²) in [6.07, 6.45) is 102. The number of carbonyl (C=O) groups is 3. The standard InChI is InChI=1S/C86H155NO8/c1-6-8-10-12-14-16-18-20-22-24-26-28-30-32-34-36-37-38-39-40-41-42-43-44-45-46-47-49-50-52-54-56-58-60-62-64-66-68-70-72-74-76-83(88)93-80-82(81-94-86(85(90)91)92-79-78-87(3,4)5)95-84(89)77-75-73-71-69-67-65-63-61-59-57-55-53-51-48-35-33-31-29-27-25-23-21-19-17-15-13-11-9-7-2/h9,11,15,17,21,23,27,29,33,35,51,53,57,59,82,86H,6-8,10,12-14,16,18-20,22,24-26,28,30-32,34,36-50,52,54-56,58,60-81H2,1-5H3/p+1/b11-9-,17-15-,23-21-,29-27-,35-33-,53-51-,59-57-. The van der Waals surface area contributed by atoms with E-state index >= 15 is 0 Å². The monoisotopic (exact) mass is 1330 g/mol. The molecule has 0 aromatic rings. The summed E-state index contributed by atoms with van der Waals surface area (Å²) in [5, 5.41) is 9.77. The zero-order valence-corrected chi connectivity index (χ0v) is 63.3. The van der Waals surface area contributed by atoms with Crippen LogP contribution in [0.5, 0.6) is 0 Å². The molecule has 0 spiro atoms. The Kier molecular flexibility index (Phi) is 73.4. The molecular weight excluding hydrogens is 1170 g/mol. The summed E-state index contributed by atoms with van der Waals surface area (Å²) in [6.45, 7) is 4.80. The van der Waals surface area contributed by atoms with E-state index in [4.69, 9.17) is 18.9 Å². The van der Waals surface area contributed by atoms with Crippen LogP contribution in [0.2, 0.25) is 0 Å². The highest BCUT2D eigenvalue weighted by Crippen LogP contribution is 2.20. The van der Waals surface area contributed by atoms with Crippen LogP contribution in [-0.4, -0.2) is 87.4 Å². The van der Waals surface area contributed by atoms with Crippen molar-refractivity contribution in [2.24, 2.45) is 0 Å². The largest absolute Gasteiger partial charge is 0.477 e. The molecular formula is C86H156NO8+. The maximum absolute atomic E-state index is 13.0. The van der Waals surface area contributed by atoms with E-state index in [0.717, 1.165) is 89.9 Å². The zero-order valence-electron chi connectivity index (χ0n) is 63.3. The number of esters is 2. The van der Waals surface area contributed by atoms with Gasteiger partial charge >= 0.3 is 17.9 Å². The molecule has 2 unspecified atom stereocenters. The lowest BCUT2D eigenvalue weighted by Gasteiger charge is -2.25. The molecule has 0 heterocycles.